The summed E-state index contributed by atoms with van der Waals surface area (Å²) in [6.45, 7) is 0.727. The summed E-state index contributed by atoms with van der Waals surface area (Å²) in [7, 11) is 1.63. The summed E-state index contributed by atoms with van der Waals surface area (Å²) in [4.78, 5) is 25.5. The lowest BCUT2D eigenvalue weighted by molar-refractivity contribution is -0.142. The Hall–Kier alpha value is -0.580. The van der Waals surface area contributed by atoms with Crippen LogP contribution in [0.1, 0.15) is 38.5 Å². The Labute approximate surface area is 111 Å². The van der Waals surface area contributed by atoms with Gasteiger partial charge in [-0.1, -0.05) is 15.9 Å². The van der Waals surface area contributed by atoms with E-state index in [2.05, 4.69) is 21.2 Å². The fourth-order valence-electron chi connectivity index (χ4n) is 2.18. The van der Waals surface area contributed by atoms with Crippen molar-refractivity contribution in [3.63, 3.8) is 0 Å². The summed E-state index contributed by atoms with van der Waals surface area (Å²) in [5.41, 5.74) is 0. The lowest BCUT2D eigenvalue weighted by Crippen LogP contribution is -2.51. The van der Waals surface area contributed by atoms with Crippen molar-refractivity contribution in [1.82, 2.24) is 10.2 Å². The molecule has 17 heavy (non-hydrogen) atoms. The summed E-state index contributed by atoms with van der Waals surface area (Å²) in [5, 5.41) is 3.58. The number of carbonyl (C=O) groups is 2. The topological polar surface area (TPSA) is 49.4 Å². The number of likely N-dealkylation sites (tertiary alicyclic amines) is 1. The van der Waals surface area contributed by atoms with Crippen molar-refractivity contribution in [2.24, 2.45) is 0 Å². The molecule has 1 saturated heterocycles. The van der Waals surface area contributed by atoms with E-state index in [-0.39, 0.29) is 17.9 Å². The summed E-state index contributed by atoms with van der Waals surface area (Å²) < 4.78 is 0. The molecule has 0 aromatic carbocycles. The Kier molecular flexibility index (Phi) is 6.55. The average molecular weight is 305 g/mol. The number of halogens is 1. The van der Waals surface area contributed by atoms with Crippen LogP contribution in [-0.2, 0) is 9.59 Å². The number of rotatable bonds is 5. The highest BCUT2D eigenvalue weighted by atomic mass is 79.9. The van der Waals surface area contributed by atoms with Gasteiger partial charge in [0, 0.05) is 25.3 Å². The highest BCUT2D eigenvalue weighted by Gasteiger charge is 2.30. The van der Waals surface area contributed by atoms with Crippen LogP contribution in [0.25, 0.3) is 0 Å². The van der Waals surface area contributed by atoms with E-state index in [0.717, 1.165) is 44.0 Å². The van der Waals surface area contributed by atoms with E-state index in [1.54, 1.807) is 11.9 Å². The molecule has 1 fully saturated rings. The predicted molar refractivity (Wildman–Crippen MR) is 71.1 cm³/mol. The van der Waals surface area contributed by atoms with Crippen LogP contribution in [0.4, 0.5) is 0 Å². The first-order valence-electron chi connectivity index (χ1n) is 6.27. The minimum atomic E-state index is -0.245. The van der Waals surface area contributed by atoms with Crippen molar-refractivity contribution in [2.75, 3.05) is 18.9 Å². The lowest BCUT2D eigenvalue weighted by Gasteiger charge is -2.34. The van der Waals surface area contributed by atoms with Gasteiger partial charge in [0.1, 0.15) is 6.04 Å². The van der Waals surface area contributed by atoms with E-state index < -0.39 is 0 Å². The zero-order valence-corrected chi connectivity index (χ0v) is 12.0. The molecule has 1 aliphatic heterocycles. The maximum atomic E-state index is 12.0. The van der Waals surface area contributed by atoms with Gasteiger partial charge in [-0.2, -0.15) is 0 Å². The highest BCUT2D eigenvalue weighted by Crippen LogP contribution is 2.18. The van der Waals surface area contributed by atoms with Crippen LogP contribution in [-0.4, -0.2) is 41.7 Å². The molecule has 0 aromatic rings. The third kappa shape index (κ3) is 4.30. The molecule has 0 aromatic heterocycles. The molecule has 0 bridgehead atoms. The quantitative estimate of drug-likeness (QED) is 0.620. The number of hydrogen-bond acceptors (Lipinski definition) is 2. The zero-order chi connectivity index (χ0) is 12.7. The van der Waals surface area contributed by atoms with Crippen LogP contribution < -0.4 is 5.32 Å². The van der Waals surface area contributed by atoms with E-state index in [9.17, 15) is 9.59 Å². The van der Waals surface area contributed by atoms with Crippen LogP contribution >= 0.6 is 15.9 Å². The smallest absolute Gasteiger partial charge is 0.242 e. The largest absolute Gasteiger partial charge is 0.357 e. The van der Waals surface area contributed by atoms with E-state index in [1.807, 2.05) is 0 Å². The average Bonchev–Trinajstić information content (AvgIpc) is 2.38. The van der Waals surface area contributed by atoms with Gasteiger partial charge >= 0.3 is 0 Å². The molecule has 0 saturated carbocycles. The second kappa shape index (κ2) is 7.69. The standard InChI is InChI=1S/C12H21BrN2O2/c1-14-12(17)10-6-3-5-9-15(10)11(16)7-2-4-8-13/h10H,2-9H2,1H3,(H,14,17). The normalized spacial score (nSPS) is 20.1. The van der Waals surface area contributed by atoms with Gasteiger partial charge in [-0.15, -0.1) is 0 Å². The lowest BCUT2D eigenvalue weighted by atomic mass is 10.0. The van der Waals surface area contributed by atoms with Crippen LogP contribution in [0.3, 0.4) is 0 Å². The van der Waals surface area contributed by atoms with Crippen molar-refractivity contribution >= 4 is 27.7 Å². The summed E-state index contributed by atoms with van der Waals surface area (Å²) >= 11 is 3.35. The molecule has 0 radical (unpaired) electrons. The Balaban J connectivity index is 2.52. The number of nitrogens with zero attached hydrogens (tertiary/aromatic N) is 1. The SMILES string of the molecule is CNC(=O)C1CCCCN1C(=O)CCCCBr. The van der Waals surface area contributed by atoms with Gasteiger partial charge in [-0.25, -0.2) is 0 Å². The van der Waals surface area contributed by atoms with E-state index in [0.29, 0.717) is 6.42 Å². The van der Waals surface area contributed by atoms with Crippen molar-refractivity contribution in [3.05, 3.63) is 0 Å². The van der Waals surface area contributed by atoms with E-state index >= 15 is 0 Å². The maximum absolute atomic E-state index is 12.0. The van der Waals surface area contributed by atoms with Crippen LogP contribution in [0.15, 0.2) is 0 Å². The van der Waals surface area contributed by atoms with Gasteiger partial charge in [-0.05, 0) is 32.1 Å². The number of likely N-dealkylation sites (N-methyl/N-ethyl adjacent to an activating group) is 1. The minimum absolute atomic E-state index is 0.0291. The molecule has 0 spiro atoms. The third-order valence-electron chi connectivity index (χ3n) is 3.15. The molecular formula is C12H21BrN2O2. The third-order valence-corrected chi connectivity index (χ3v) is 3.71. The zero-order valence-electron chi connectivity index (χ0n) is 10.4. The first-order valence-corrected chi connectivity index (χ1v) is 7.40. The van der Waals surface area contributed by atoms with Gasteiger partial charge in [0.05, 0.1) is 0 Å². The molecule has 1 rings (SSSR count). The molecule has 2 amide bonds. The molecule has 4 nitrogen and oxygen atoms in total. The van der Waals surface area contributed by atoms with Crippen molar-refractivity contribution in [1.29, 1.82) is 0 Å². The molecule has 0 aliphatic carbocycles. The number of piperidine rings is 1. The van der Waals surface area contributed by atoms with Crippen molar-refractivity contribution in [3.8, 4) is 0 Å². The molecule has 98 valence electrons. The molecule has 1 heterocycles. The molecule has 1 unspecified atom stereocenters. The van der Waals surface area contributed by atoms with Crippen LogP contribution in [0.2, 0.25) is 0 Å². The Morgan fingerprint density at radius 3 is 2.76 bits per heavy atom. The van der Waals surface area contributed by atoms with E-state index in [1.165, 1.54) is 0 Å². The number of unbranched alkanes of at least 4 members (excludes halogenated alkanes) is 1. The Morgan fingerprint density at radius 1 is 1.35 bits per heavy atom. The second-order valence-corrected chi connectivity index (χ2v) is 5.15. The van der Waals surface area contributed by atoms with Gasteiger partial charge in [-0.3, -0.25) is 9.59 Å². The summed E-state index contributed by atoms with van der Waals surface area (Å²) in [6, 6.07) is -0.245. The second-order valence-electron chi connectivity index (χ2n) is 4.36. The molecule has 1 aliphatic rings. The molecule has 1 atom stereocenters. The first-order chi connectivity index (χ1) is 8.20. The first kappa shape index (κ1) is 14.5. The fraction of sp³-hybridized carbons (Fsp3) is 0.833. The molecular weight excluding hydrogens is 284 g/mol. The van der Waals surface area contributed by atoms with Crippen molar-refractivity contribution in [2.45, 2.75) is 44.6 Å². The minimum Gasteiger partial charge on any atom is -0.357 e. The number of nitrogens with one attached hydrogen (secondary N) is 1. The van der Waals surface area contributed by atoms with Gasteiger partial charge < -0.3 is 10.2 Å². The van der Waals surface area contributed by atoms with Gasteiger partial charge in [0.2, 0.25) is 11.8 Å². The number of amides is 2. The molecule has 5 heteroatoms. The Morgan fingerprint density at radius 2 is 2.12 bits per heavy atom. The number of hydrogen-bond donors (Lipinski definition) is 1. The fourth-order valence-corrected chi connectivity index (χ4v) is 2.58. The number of carbonyl (C=O) groups excluding carboxylic acids is 2. The summed E-state index contributed by atoms with van der Waals surface area (Å²) in [5.74, 6) is 0.0952. The van der Waals surface area contributed by atoms with E-state index in [4.69, 9.17) is 0 Å². The summed E-state index contributed by atoms with van der Waals surface area (Å²) in [6.07, 6.45) is 5.29. The predicted octanol–water partition coefficient (Wildman–Crippen LogP) is 1.68. The van der Waals surface area contributed by atoms with Crippen LogP contribution in [0, 0.1) is 0 Å². The number of alkyl halides is 1. The van der Waals surface area contributed by atoms with Crippen molar-refractivity contribution < 1.29 is 9.59 Å². The Bertz CT molecular complexity index is 271. The van der Waals surface area contributed by atoms with Gasteiger partial charge in [0.15, 0.2) is 0 Å². The van der Waals surface area contributed by atoms with Crippen LogP contribution in [0.5, 0.6) is 0 Å². The maximum Gasteiger partial charge on any atom is 0.242 e. The van der Waals surface area contributed by atoms with Gasteiger partial charge in [0.25, 0.3) is 0 Å². The molecule has 1 N–H and O–H groups in total. The highest BCUT2D eigenvalue weighted by molar-refractivity contribution is 9.09. The monoisotopic (exact) mass is 304 g/mol.